The summed E-state index contributed by atoms with van der Waals surface area (Å²) in [6, 6.07) is 5.08. The minimum Gasteiger partial charge on any atom is -0.495 e. The van der Waals surface area contributed by atoms with Crippen LogP contribution in [-0.2, 0) is 0 Å². The van der Waals surface area contributed by atoms with E-state index in [1.54, 1.807) is 25.1 Å². The van der Waals surface area contributed by atoms with Crippen molar-refractivity contribution >= 4 is 17.8 Å². The van der Waals surface area contributed by atoms with Gasteiger partial charge in [0.1, 0.15) is 18.4 Å². The molecular weight excluding hydrogens is 320 g/mol. The van der Waals surface area contributed by atoms with E-state index in [2.05, 4.69) is 20.4 Å². The maximum atomic E-state index is 12.6. The van der Waals surface area contributed by atoms with E-state index >= 15 is 0 Å². The van der Waals surface area contributed by atoms with Crippen LogP contribution in [0.5, 0.6) is 5.75 Å². The number of aromatic nitrogens is 5. The van der Waals surface area contributed by atoms with E-state index in [1.807, 2.05) is 0 Å². The molecule has 0 saturated heterocycles. The van der Waals surface area contributed by atoms with Gasteiger partial charge in [-0.25, -0.2) is 9.36 Å². The summed E-state index contributed by atoms with van der Waals surface area (Å²) in [6.45, 7) is 1.79. The van der Waals surface area contributed by atoms with Crippen LogP contribution in [0.25, 0.3) is 5.69 Å². The molecule has 0 saturated carbocycles. The van der Waals surface area contributed by atoms with Crippen molar-refractivity contribution in [2.75, 3.05) is 7.11 Å². The molecule has 8 nitrogen and oxygen atoms in total. The number of nitrogens with one attached hydrogen (secondary N) is 1. The first-order chi connectivity index (χ1) is 11.1. The average Bonchev–Trinajstić information content (AvgIpc) is 3.15. The molecule has 2 heterocycles. The summed E-state index contributed by atoms with van der Waals surface area (Å²) in [7, 11) is 1.52. The van der Waals surface area contributed by atoms with Crippen molar-refractivity contribution in [3.05, 3.63) is 57.5 Å². The first-order valence-electron chi connectivity index (χ1n) is 6.64. The van der Waals surface area contributed by atoms with E-state index in [0.29, 0.717) is 27.7 Å². The molecule has 2 aromatic heterocycles. The molecule has 9 heteroatoms. The van der Waals surface area contributed by atoms with Crippen LogP contribution < -0.4 is 10.3 Å². The molecule has 0 bridgehead atoms. The van der Waals surface area contributed by atoms with Crippen molar-refractivity contribution in [2.45, 2.75) is 6.92 Å². The maximum Gasteiger partial charge on any atom is 0.280 e. The largest absolute Gasteiger partial charge is 0.495 e. The molecule has 1 N–H and O–H groups in total. The van der Waals surface area contributed by atoms with Crippen LogP contribution in [0, 0.1) is 6.92 Å². The quantitative estimate of drug-likeness (QED) is 0.735. The first kappa shape index (κ1) is 15.0. The van der Waals surface area contributed by atoms with E-state index in [9.17, 15) is 4.79 Å². The molecule has 0 amide bonds. The van der Waals surface area contributed by atoms with E-state index in [-0.39, 0.29) is 5.56 Å². The third kappa shape index (κ3) is 2.88. The van der Waals surface area contributed by atoms with Crippen molar-refractivity contribution in [1.29, 1.82) is 0 Å². The second-order valence-electron chi connectivity index (χ2n) is 4.70. The molecule has 0 fully saturated rings. The lowest BCUT2D eigenvalue weighted by atomic mass is 10.3. The Bertz CT molecular complexity index is 910. The Morgan fingerprint density at radius 3 is 2.78 bits per heavy atom. The monoisotopic (exact) mass is 332 g/mol. The van der Waals surface area contributed by atoms with Crippen molar-refractivity contribution in [2.24, 2.45) is 5.10 Å². The van der Waals surface area contributed by atoms with Crippen molar-refractivity contribution < 1.29 is 4.74 Å². The standard InChI is InChI=1S/C14H13ClN6O2/c1-9-11(6-18-20-7-16-17-8-20)14(22)21(19-9)10-3-4-12(15)13(5-10)23-2/h3-8,19H,1-2H3. The van der Waals surface area contributed by atoms with Crippen LogP contribution in [-0.4, -0.2) is 38.0 Å². The molecule has 0 spiro atoms. The highest BCUT2D eigenvalue weighted by atomic mass is 35.5. The fourth-order valence-electron chi connectivity index (χ4n) is 2.06. The van der Waals surface area contributed by atoms with Crippen LogP contribution in [0.1, 0.15) is 11.3 Å². The highest BCUT2D eigenvalue weighted by Gasteiger charge is 2.12. The predicted octanol–water partition coefficient (Wildman–Crippen LogP) is 1.61. The van der Waals surface area contributed by atoms with E-state index in [4.69, 9.17) is 16.3 Å². The van der Waals surface area contributed by atoms with E-state index in [0.717, 1.165) is 0 Å². The summed E-state index contributed by atoms with van der Waals surface area (Å²) in [6.07, 6.45) is 4.32. The van der Waals surface area contributed by atoms with Gasteiger partial charge in [0.25, 0.3) is 5.56 Å². The number of hydrogen-bond donors (Lipinski definition) is 1. The summed E-state index contributed by atoms with van der Waals surface area (Å²) in [5.41, 5.74) is 1.50. The smallest absolute Gasteiger partial charge is 0.280 e. The van der Waals surface area contributed by atoms with Gasteiger partial charge in [-0.05, 0) is 19.1 Å². The third-order valence-electron chi connectivity index (χ3n) is 3.24. The van der Waals surface area contributed by atoms with Crippen molar-refractivity contribution in [1.82, 2.24) is 24.7 Å². The number of H-pyrrole nitrogens is 1. The number of benzene rings is 1. The maximum absolute atomic E-state index is 12.6. The predicted molar refractivity (Wildman–Crippen MR) is 85.7 cm³/mol. The zero-order chi connectivity index (χ0) is 16.4. The molecule has 23 heavy (non-hydrogen) atoms. The minimum atomic E-state index is -0.233. The highest BCUT2D eigenvalue weighted by Crippen LogP contribution is 2.26. The second-order valence-corrected chi connectivity index (χ2v) is 5.10. The zero-order valence-electron chi connectivity index (χ0n) is 12.4. The molecule has 3 rings (SSSR count). The Hall–Kier alpha value is -2.87. The highest BCUT2D eigenvalue weighted by molar-refractivity contribution is 6.32. The molecule has 0 aliphatic heterocycles. The lowest BCUT2D eigenvalue weighted by Crippen LogP contribution is -2.17. The average molecular weight is 333 g/mol. The van der Waals surface area contributed by atoms with Gasteiger partial charge in [-0.3, -0.25) is 9.89 Å². The number of rotatable bonds is 4. The number of hydrogen-bond acceptors (Lipinski definition) is 5. The second kappa shape index (κ2) is 6.09. The van der Waals surface area contributed by atoms with Gasteiger partial charge in [-0.1, -0.05) is 11.6 Å². The van der Waals surface area contributed by atoms with Gasteiger partial charge in [0.2, 0.25) is 0 Å². The Kier molecular flexibility index (Phi) is 3.98. The van der Waals surface area contributed by atoms with Crippen molar-refractivity contribution in [3.8, 4) is 11.4 Å². The molecule has 1 aromatic carbocycles. The normalized spacial score (nSPS) is 11.3. The van der Waals surface area contributed by atoms with Gasteiger partial charge in [-0.15, -0.1) is 10.2 Å². The molecule has 118 valence electrons. The number of methoxy groups -OCH3 is 1. The van der Waals surface area contributed by atoms with Crippen LogP contribution >= 0.6 is 11.6 Å². The number of halogens is 1. The van der Waals surface area contributed by atoms with Crippen molar-refractivity contribution in [3.63, 3.8) is 0 Å². The first-order valence-corrected chi connectivity index (χ1v) is 7.02. The number of ether oxygens (including phenoxy) is 1. The van der Waals surface area contributed by atoms with Gasteiger partial charge >= 0.3 is 0 Å². The molecule has 0 atom stereocenters. The minimum absolute atomic E-state index is 0.233. The lowest BCUT2D eigenvalue weighted by Gasteiger charge is -2.06. The zero-order valence-corrected chi connectivity index (χ0v) is 13.2. The Morgan fingerprint density at radius 2 is 2.09 bits per heavy atom. The van der Waals surface area contributed by atoms with Crippen LogP contribution in [0.3, 0.4) is 0 Å². The topological polar surface area (TPSA) is 90.1 Å². The number of aryl methyl sites for hydroxylation is 1. The van der Waals surface area contributed by atoms with E-state index in [1.165, 1.54) is 35.3 Å². The van der Waals surface area contributed by atoms with Crippen LogP contribution in [0.2, 0.25) is 5.02 Å². The van der Waals surface area contributed by atoms with Crippen LogP contribution in [0.15, 0.2) is 40.7 Å². The Balaban J connectivity index is 2.02. The molecule has 0 aliphatic carbocycles. The van der Waals surface area contributed by atoms with Gasteiger partial charge in [0.05, 0.1) is 29.6 Å². The summed E-state index contributed by atoms with van der Waals surface area (Å²) in [4.78, 5) is 12.6. The summed E-state index contributed by atoms with van der Waals surface area (Å²) in [5.74, 6) is 0.489. The Labute approximate surface area is 136 Å². The molecule has 0 aliphatic rings. The van der Waals surface area contributed by atoms with E-state index < -0.39 is 0 Å². The molecule has 0 radical (unpaired) electrons. The third-order valence-corrected chi connectivity index (χ3v) is 3.55. The van der Waals surface area contributed by atoms with Gasteiger partial charge in [-0.2, -0.15) is 5.10 Å². The molecular formula is C14H13ClN6O2. The van der Waals surface area contributed by atoms with Gasteiger partial charge in [0, 0.05) is 11.8 Å². The SMILES string of the molecule is COc1cc(-n2[nH]c(C)c(C=Nn3cnnc3)c2=O)ccc1Cl. The molecule has 0 unspecified atom stereocenters. The summed E-state index contributed by atoms with van der Waals surface area (Å²) >= 11 is 6.01. The summed E-state index contributed by atoms with van der Waals surface area (Å²) in [5, 5.41) is 14.9. The van der Waals surface area contributed by atoms with Gasteiger partial charge < -0.3 is 4.74 Å². The molecule has 3 aromatic rings. The fraction of sp³-hybridized carbons (Fsp3) is 0.143. The van der Waals surface area contributed by atoms with Crippen LogP contribution in [0.4, 0.5) is 0 Å². The summed E-state index contributed by atoms with van der Waals surface area (Å²) < 4.78 is 7.98. The fourth-order valence-corrected chi connectivity index (χ4v) is 2.25. The number of aromatic amines is 1. The number of nitrogens with zero attached hydrogens (tertiary/aromatic N) is 5. The van der Waals surface area contributed by atoms with Gasteiger partial charge in [0.15, 0.2) is 0 Å². The Morgan fingerprint density at radius 1 is 1.35 bits per heavy atom. The lowest BCUT2D eigenvalue weighted by molar-refractivity contribution is 0.414.